The number of benzene rings is 3. The van der Waals surface area contributed by atoms with Gasteiger partial charge in [0, 0.05) is 0 Å². The number of rotatable bonds is 9. The highest BCUT2D eigenvalue weighted by molar-refractivity contribution is 5.65. The predicted octanol–water partition coefficient (Wildman–Crippen LogP) is 8.87. The number of allylic oxidation sites excluding steroid dienone is 2. The Morgan fingerprint density at radius 1 is 0.781 bits per heavy atom. The first-order valence-electron chi connectivity index (χ1n) is 12.7. The molecule has 0 bridgehead atoms. The van der Waals surface area contributed by atoms with Crippen LogP contribution < -0.4 is 0 Å². The van der Waals surface area contributed by atoms with E-state index in [4.69, 9.17) is 0 Å². The highest BCUT2D eigenvalue weighted by Gasteiger charge is 2.20. The lowest BCUT2D eigenvalue weighted by Crippen LogP contribution is -2.13. The Balaban J connectivity index is 1.40. The molecule has 1 unspecified atom stereocenters. The summed E-state index contributed by atoms with van der Waals surface area (Å²) in [6.07, 6.45) is 15.4. The number of hydrogen-bond donors (Lipinski definition) is 0. The zero-order chi connectivity index (χ0) is 22.2. The van der Waals surface area contributed by atoms with E-state index in [1.807, 2.05) is 0 Å². The molecule has 0 heteroatoms. The van der Waals surface area contributed by atoms with Crippen molar-refractivity contribution in [1.29, 1.82) is 0 Å². The van der Waals surface area contributed by atoms with Crippen molar-refractivity contribution in [3.05, 3.63) is 107 Å². The molecular weight excluding hydrogens is 384 g/mol. The van der Waals surface area contributed by atoms with E-state index in [9.17, 15) is 0 Å². The van der Waals surface area contributed by atoms with Gasteiger partial charge in [-0.05, 0) is 96.7 Å². The van der Waals surface area contributed by atoms with E-state index < -0.39 is 0 Å². The number of unbranched alkanes of at least 4 members (excludes halogenated alkanes) is 2. The van der Waals surface area contributed by atoms with Crippen LogP contribution in [-0.4, -0.2) is 0 Å². The second kappa shape index (κ2) is 11.3. The fourth-order valence-corrected chi connectivity index (χ4v) is 5.04. The average Bonchev–Trinajstić information content (AvgIpc) is 2.85. The summed E-state index contributed by atoms with van der Waals surface area (Å²) in [5, 5.41) is 0. The standard InChI is InChI=1S/C32H38/c1-3-5-7-9-25-11-15-27(16-12-25)29-19-21-32-24-30(20-22-31(32)23-29)28-17-13-26(14-18-28)10-8-6-4-2/h3,5,11-18,20,22,24,29H,4,6-10,19,21,23H2,1-2H3/b5-3+. The molecule has 0 spiro atoms. The lowest BCUT2D eigenvalue weighted by atomic mass is 9.79. The Morgan fingerprint density at radius 3 is 2.25 bits per heavy atom. The van der Waals surface area contributed by atoms with Crippen molar-refractivity contribution in [2.75, 3.05) is 0 Å². The molecule has 0 fully saturated rings. The molecule has 0 amide bonds. The quantitative estimate of drug-likeness (QED) is 0.238. The third-order valence-electron chi connectivity index (χ3n) is 7.08. The SMILES string of the molecule is C/C=C/CCc1ccc(C2CCc3cc(-c4ccc(CCCCC)cc4)ccc3C2)cc1. The van der Waals surface area contributed by atoms with Gasteiger partial charge in [0.15, 0.2) is 0 Å². The average molecular weight is 423 g/mol. The largest absolute Gasteiger partial charge is 0.0917 e. The van der Waals surface area contributed by atoms with Crippen LogP contribution in [0.4, 0.5) is 0 Å². The molecule has 166 valence electrons. The van der Waals surface area contributed by atoms with Crippen molar-refractivity contribution in [3.8, 4) is 11.1 Å². The van der Waals surface area contributed by atoms with E-state index >= 15 is 0 Å². The molecule has 3 aromatic rings. The molecule has 0 radical (unpaired) electrons. The lowest BCUT2D eigenvalue weighted by molar-refractivity contribution is 0.585. The maximum Gasteiger partial charge on any atom is -0.0118 e. The van der Waals surface area contributed by atoms with Gasteiger partial charge in [0.1, 0.15) is 0 Å². The first kappa shape index (κ1) is 22.6. The van der Waals surface area contributed by atoms with Crippen LogP contribution in [0.5, 0.6) is 0 Å². The summed E-state index contributed by atoms with van der Waals surface area (Å²) in [4.78, 5) is 0. The summed E-state index contributed by atoms with van der Waals surface area (Å²) < 4.78 is 0. The normalized spacial score (nSPS) is 15.8. The Hall–Kier alpha value is -2.60. The maximum atomic E-state index is 2.45. The molecule has 0 aliphatic heterocycles. The summed E-state index contributed by atoms with van der Waals surface area (Å²) >= 11 is 0. The Bertz CT molecular complexity index is 1000. The fourth-order valence-electron chi connectivity index (χ4n) is 5.04. The van der Waals surface area contributed by atoms with Crippen LogP contribution in [0.2, 0.25) is 0 Å². The second-order valence-electron chi connectivity index (χ2n) is 9.43. The van der Waals surface area contributed by atoms with Gasteiger partial charge in [-0.2, -0.15) is 0 Å². The van der Waals surface area contributed by atoms with Crippen molar-refractivity contribution in [1.82, 2.24) is 0 Å². The van der Waals surface area contributed by atoms with Crippen LogP contribution >= 0.6 is 0 Å². The molecule has 1 aliphatic rings. The fraction of sp³-hybridized carbons (Fsp3) is 0.375. The molecule has 0 nitrogen and oxygen atoms in total. The van der Waals surface area contributed by atoms with Gasteiger partial charge in [0.05, 0.1) is 0 Å². The van der Waals surface area contributed by atoms with Crippen LogP contribution in [0.3, 0.4) is 0 Å². The maximum absolute atomic E-state index is 2.45. The minimum atomic E-state index is 0.653. The van der Waals surface area contributed by atoms with Crippen LogP contribution in [0.15, 0.2) is 78.9 Å². The Labute approximate surface area is 195 Å². The number of hydrogen-bond acceptors (Lipinski definition) is 0. The van der Waals surface area contributed by atoms with Gasteiger partial charge in [0.25, 0.3) is 0 Å². The van der Waals surface area contributed by atoms with Crippen molar-refractivity contribution in [3.63, 3.8) is 0 Å². The molecule has 0 aromatic heterocycles. The van der Waals surface area contributed by atoms with Crippen molar-refractivity contribution < 1.29 is 0 Å². The van der Waals surface area contributed by atoms with Gasteiger partial charge in [-0.25, -0.2) is 0 Å². The van der Waals surface area contributed by atoms with Crippen LogP contribution in [0.1, 0.15) is 79.7 Å². The van der Waals surface area contributed by atoms with E-state index in [-0.39, 0.29) is 0 Å². The monoisotopic (exact) mass is 422 g/mol. The first-order chi connectivity index (χ1) is 15.8. The van der Waals surface area contributed by atoms with E-state index in [0.717, 1.165) is 12.8 Å². The number of fused-ring (bicyclic) bond motifs is 1. The molecule has 1 aliphatic carbocycles. The van der Waals surface area contributed by atoms with Crippen molar-refractivity contribution in [2.45, 2.75) is 77.6 Å². The van der Waals surface area contributed by atoms with Gasteiger partial charge in [-0.1, -0.05) is 98.6 Å². The van der Waals surface area contributed by atoms with Crippen LogP contribution in [-0.2, 0) is 25.7 Å². The molecule has 1 atom stereocenters. The predicted molar refractivity (Wildman–Crippen MR) is 139 cm³/mol. The van der Waals surface area contributed by atoms with Gasteiger partial charge >= 0.3 is 0 Å². The zero-order valence-electron chi connectivity index (χ0n) is 19.9. The zero-order valence-corrected chi connectivity index (χ0v) is 19.9. The smallest absolute Gasteiger partial charge is 0.0118 e. The van der Waals surface area contributed by atoms with Gasteiger partial charge in [-0.3, -0.25) is 0 Å². The molecular formula is C32H38. The Kier molecular flexibility index (Phi) is 7.99. The summed E-state index contributed by atoms with van der Waals surface area (Å²) in [6, 6.07) is 25.8. The van der Waals surface area contributed by atoms with E-state index in [2.05, 4.69) is 92.7 Å². The Morgan fingerprint density at radius 2 is 1.50 bits per heavy atom. The van der Waals surface area contributed by atoms with E-state index in [1.165, 1.54) is 72.8 Å². The molecule has 4 rings (SSSR count). The molecule has 0 N–H and O–H groups in total. The van der Waals surface area contributed by atoms with Crippen LogP contribution in [0.25, 0.3) is 11.1 Å². The lowest BCUT2D eigenvalue weighted by Gasteiger charge is -2.26. The minimum absolute atomic E-state index is 0.653. The number of aryl methyl sites for hydroxylation is 3. The van der Waals surface area contributed by atoms with Gasteiger partial charge in [0.2, 0.25) is 0 Å². The van der Waals surface area contributed by atoms with Crippen LogP contribution in [0, 0.1) is 0 Å². The topological polar surface area (TPSA) is 0 Å². The van der Waals surface area contributed by atoms with E-state index in [0.29, 0.717) is 5.92 Å². The summed E-state index contributed by atoms with van der Waals surface area (Å²) in [5.74, 6) is 0.653. The summed E-state index contributed by atoms with van der Waals surface area (Å²) in [7, 11) is 0. The van der Waals surface area contributed by atoms with Gasteiger partial charge in [-0.15, -0.1) is 0 Å². The molecule has 0 saturated carbocycles. The van der Waals surface area contributed by atoms with E-state index in [1.54, 1.807) is 11.1 Å². The first-order valence-corrected chi connectivity index (χ1v) is 12.7. The van der Waals surface area contributed by atoms with Gasteiger partial charge < -0.3 is 0 Å². The van der Waals surface area contributed by atoms with Crippen molar-refractivity contribution in [2.24, 2.45) is 0 Å². The summed E-state index contributed by atoms with van der Waals surface area (Å²) in [6.45, 7) is 4.36. The summed E-state index contributed by atoms with van der Waals surface area (Å²) in [5.41, 5.74) is 10.2. The van der Waals surface area contributed by atoms with Crippen molar-refractivity contribution >= 4 is 0 Å². The second-order valence-corrected chi connectivity index (χ2v) is 9.43. The molecule has 0 saturated heterocycles. The molecule has 0 heterocycles. The molecule has 32 heavy (non-hydrogen) atoms. The third-order valence-corrected chi connectivity index (χ3v) is 7.08. The highest BCUT2D eigenvalue weighted by atomic mass is 14.2. The minimum Gasteiger partial charge on any atom is -0.0917 e. The molecule has 3 aromatic carbocycles. The highest BCUT2D eigenvalue weighted by Crippen LogP contribution is 2.35. The third kappa shape index (κ3) is 5.80.